The number of aromatic nitrogens is 3. The van der Waals surface area contributed by atoms with Crippen LogP contribution >= 0.6 is 11.6 Å². The van der Waals surface area contributed by atoms with Crippen LogP contribution in [-0.2, 0) is 0 Å². The second-order valence-electron chi connectivity index (χ2n) is 2.02. The minimum Gasteiger partial charge on any atom is -0.346 e. The maximum absolute atomic E-state index is 12.8. The van der Waals surface area contributed by atoms with Crippen molar-refractivity contribution in [1.82, 2.24) is 15.0 Å². The number of H-pyrrole nitrogens is 1. The molecule has 0 aliphatic rings. The van der Waals surface area contributed by atoms with Crippen molar-refractivity contribution in [3.05, 3.63) is 23.5 Å². The molecule has 0 saturated carbocycles. The fraction of sp³-hybridized carbons (Fsp3) is 0. The van der Waals surface area contributed by atoms with Gasteiger partial charge in [-0.3, -0.25) is 0 Å². The normalized spacial score (nSPS) is 10.7. The van der Waals surface area contributed by atoms with Gasteiger partial charge in [0, 0.05) is 6.20 Å². The van der Waals surface area contributed by atoms with Crippen molar-refractivity contribution in [3.63, 3.8) is 0 Å². The lowest BCUT2D eigenvalue weighted by Gasteiger charge is -1.90. The highest BCUT2D eigenvalue weighted by Gasteiger charge is 2.05. The minimum atomic E-state index is -0.596. The van der Waals surface area contributed by atoms with Crippen LogP contribution in [0.1, 0.15) is 0 Å². The molecule has 2 rings (SSSR count). The molecule has 2 aromatic heterocycles. The average Bonchev–Trinajstić information content (AvgIpc) is 2.34. The van der Waals surface area contributed by atoms with E-state index in [9.17, 15) is 4.39 Å². The smallest absolute Gasteiger partial charge is 0.227 e. The summed E-state index contributed by atoms with van der Waals surface area (Å²) in [5.41, 5.74) is 0.419. The molecule has 0 aliphatic carbocycles. The number of rotatable bonds is 0. The summed E-state index contributed by atoms with van der Waals surface area (Å²) >= 11 is 5.40. The van der Waals surface area contributed by atoms with Crippen molar-refractivity contribution in [2.24, 2.45) is 0 Å². The van der Waals surface area contributed by atoms with Crippen molar-refractivity contribution in [2.45, 2.75) is 0 Å². The summed E-state index contributed by atoms with van der Waals surface area (Å²) < 4.78 is 12.8. The van der Waals surface area contributed by atoms with Gasteiger partial charge in [-0.15, -0.1) is 0 Å². The summed E-state index contributed by atoms with van der Waals surface area (Å²) in [4.78, 5) is 9.82. The predicted octanol–water partition coefficient (Wildman–Crippen LogP) is 1.75. The third-order valence-electron chi connectivity index (χ3n) is 1.34. The Hall–Kier alpha value is -1.16. The SMILES string of the molecule is Fc1nc(Cl)nc2[nH]ccc12. The summed E-state index contributed by atoms with van der Waals surface area (Å²) in [6, 6.07) is 1.56. The van der Waals surface area contributed by atoms with Gasteiger partial charge in [-0.05, 0) is 17.7 Å². The van der Waals surface area contributed by atoms with E-state index >= 15 is 0 Å². The van der Waals surface area contributed by atoms with Gasteiger partial charge in [0.1, 0.15) is 5.65 Å². The Bertz CT molecular complexity index is 398. The molecule has 5 heteroatoms. The maximum atomic E-state index is 12.8. The Morgan fingerprint density at radius 3 is 3.09 bits per heavy atom. The molecule has 2 aromatic rings. The number of hydrogen-bond acceptors (Lipinski definition) is 2. The standard InChI is InChI=1S/C6H3ClFN3/c7-6-10-4(8)3-1-2-9-5(3)11-6/h1-2H,(H,9,10,11). The average molecular weight is 172 g/mol. The number of hydrogen-bond donors (Lipinski definition) is 1. The molecule has 0 fully saturated rings. The highest BCUT2D eigenvalue weighted by Crippen LogP contribution is 2.14. The Morgan fingerprint density at radius 2 is 2.27 bits per heavy atom. The van der Waals surface area contributed by atoms with Gasteiger partial charge in [0.05, 0.1) is 5.39 Å². The number of aromatic amines is 1. The first-order valence-electron chi connectivity index (χ1n) is 2.93. The Kier molecular flexibility index (Phi) is 1.29. The molecule has 11 heavy (non-hydrogen) atoms. The lowest BCUT2D eigenvalue weighted by molar-refractivity contribution is 0.594. The van der Waals surface area contributed by atoms with E-state index in [4.69, 9.17) is 11.6 Å². The molecule has 0 aromatic carbocycles. The fourth-order valence-corrected chi connectivity index (χ4v) is 1.04. The fourth-order valence-electron chi connectivity index (χ4n) is 0.878. The van der Waals surface area contributed by atoms with E-state index in [0.29, 0.717) is 11.0 Å². The molecule has 3 nitrogen and oxygen atoms in total. The molecule has 1 N–H and O–H groups in total. The van der Waals surface area contributed by atoms with Gasteiger partial charge in [-0.2, -0.15) is 14.4 Å². The van der Waals surface area contributed by atoms with Crippen LogP contribution in [0, 0.1) is 5.95 Å². The van der Waals surface area contributed by atoms with Crippen LogP contribution in [0.4, 0.5) is 4.39 Å². The van der Waals surface area contributed by atoms with Crippen LogP contribution in [0.3, 0.4) is 0 Å². The van der Waals surface area contributed by atoms with Gasteiger partial charge in [-0.25, -0.2) is 0 Å². The van der Waals surface area contributed by atoms with E-state index in [0.717, 1.165) is 0 Å². The Morgan fingerprint density at radius 1 is 1.45 bits per heavy atom. The highest BCUT2D eigenvalue weighted by molar-refractivity contribution is 6.28. The van der Waals surface area contributed by atoms with Gasteiger partial charge in [0.25, 0.3) is 0 Å². The summed E-state index contributed by atoms with van der Waals surface area (Å²) in [7, 11) is 0. The van der Waals surface area contributed by atoms with E-state index in [1.807, 2.05) is 0 Å². The van der Waals surface area contributed by atoms with Gasteiger partial charge >= 0.3 is 0 Å². The quantitative estimate of drug-likeness (QED) is 0.485. The van der Waals surface area contributed by atoms with Crippen LogP contribution in [-0.4, -0.2) is 15.0 Å². The van der Waals surface area contributed by atoms with Crippen LogP contribution in [0.5, 0.6) is 0 Å². The van der Waals surface area contributed by atoms with Crippen molar-refractivity contribution in [3.8, 4) is 0 Å². The van der Waals surface area contributed by atoms with Crippen LogP contribution in [0.25, 0.3) is 11.0 Å². The second-order valence-corrected chi connectivity index (χ2v) is 2.36. The maximum Gasteiger partial charge on any atom is 0.227 e. The van der Waals surface area contributed by atoms with Crippen LogP contribution in [0.15, 0.2) is 12.3 Å². The molecular weight excluding hydrogens is 169 g/mol. The van der Waals surface area contributed by atoms with Gasteiger partial charge < -0.3 is 4.98 Å². The van der Waals surface area contributed by atoms with Crippen LogP contribution < -0.4 is 0 Å². The molecule has 0 unspecified atom stereocenters. The zero-order chi connectivity index (χ0) is 7.84. The largest absolute Gasteiger partial charge is 0.346 e. The third-order valence-corrected chi connectivity index (χ3v) is 1.51. The second kappa shape index (κ2) is 2.17. The zero-order valence-corrected chi connectivity index (χ0v) is 6.06. The number of halogens is 2. The van der Waals surface area contributed by atoms with Crippen molar-refractivity contribution in [1.29, 1.82) is 0 Å². The molecule has 0 spiro atoms. The number of nitrogens with one attached hydrogen (secondary N) is 1. The van der Waals surface area contributed by atoms with Crippen LogP contribution in [0.2, 0.25) is 5.28 Å². The molecule has 0 aliphatic heterocycles. The van der Waals surface area contributed by atoms with E-state index in [1.54, 1.807) is 12.3 Å². The molecule has 0 radical (unpaired) electrons. The molecular formula is C6H3ClFN3. The highest BCUT2D eigenvalue weighted by atomic mass is 35.5. The minimum absolute atomic E-state index is 0.0857. The molecule has 0 atom stereocenters. The van der Waals surface area contributed by atoms with E-state index in [-0.39, 0.29) is 5.28 Å². The summed E-state index contributed by atoms with van der Waals surface area (Å²) in [6.07, 6.45) is 1.58. The topological polar surface area (TPSA) is 41.6 Å². The van der Waals surface area contributed by atoms with Gasteiger partial charge in [-0.1, -0.05) is 0 Å². The zero-order valence-electron chi connectivity index (χ0n) is 5.31. The van der Waals surface area contributed by atoms with Crippen molar-refractivity contribution in [2.75, 3.05) is 0 Å². The predicted molar refractivity (Wildman–Crippen MR) is 38.9 cm³/mol. The first-order chi connectivity index (χ1) is 5.27. The molecule has 0 amide bonds. The van der Waals surface area contributed by atoms with Gasteiger partial charge in [0.15, 0.2) is 0 Å². The van der Waals surface area contributed by atoms with E-state index in [2.05, 4.69) is 15.0 Å². The molecule has 56 valence electrons. The molecule has 0 bridgehead atoms. The van der Waals surface area contributed by atoms with Crippen molar-refractivity contribution < 1.29 is 4.39 Å². The molecule has 2 heterocycles. The van der Waals surface area contributed by atoms with Crippen molar-refractivity contribution >= 4 is 22.6 Å². The Labute approximate surface area is 66.2 Å². The Balaban J connectivity index is 2.91. The number of nitrogens with zero attached hydrogens (tertiary/aromatic N) is 2. The lowest BCUT2D eigenvalue weighted by atomic mass is 10.4. The summed E-state index contributed by atoms with van der Waals surface area (Å²) in [6.45, 7) is 0. The summed E-state index contributed by atoms with van der Waals surface area (Å²) in [5, 5.41) is 0.270. The third kappa shape index (κ3) is 0.952. The molecule has 0 saturated heterocycles. The lowest BCUT2D eigenvalue weighted by Crippen LogP contribution is -1.88. The van der Waals surface area contributed by atoms with E-state index < -0.39 is 5.95 Å². The first-order valence-corrected chi connectivity index (χ1v) is 3.31. The monoisotopic (exact) mass is 171 g/mol. The van der Waals surface area contributed by atoms with E-state index in [1.165, 1.54) is 0 Å². The number of fused-ring (bicyclic) bond motifs is 1. The van der Waals surface area contributed by atoms with Gasteiger partial charge in [0.2, 0.25) is 11.2 Å². The summed E-state index contributed by atoms with van der Waals surface area (Å²) in [5.74, 6) is -0.596. The first kappa shape index (κ1) is 6.54.